The van der Waals surface area contributed by atoms with Gasteiger partial charge in [-0.05, 0) is 44.8 Å². The average molecular weight is 281 g/mol. The van der Waals surface area contributed by atoms with Crippen molar-refractivity contribution >= 4 is 8.32 Å². The lowest BCUT2D eigenvalue weighted by Crippen LogP contribution is -2.64. The summed E-state index contributed by atoms with van der Waals surface area (Å²) in [7, 11) is -0.00117. The molecule has 0 aromatic rings. The van der Waals surface area contributed by atoms with E-state index < -0.39 is 14.1 Å². The van der Waals surface area contributed by atoms with E-state index in [0.29, 0.717) is 11.8 Å². The number of rotatable bonds is 4. The monoisotopic (exact) mass is 281 g/mol. The zero-order chi connectivity index (χ0) is 14.1. The second kappa shape index (κ2) is 5.55. The predicted octanol–water partition coefficient (Wildman–Crippen LogP) is 3.92. The summed E-state index contributed by atoms with van der Waals surface area (Å²) in [5.74, 6) is 0.418. The Morgan fingerprint density at radius 2 is 1.79 bits per heavy atom. The number of nitriles is 1. The normalized spacial score (nSPS) is 36.6. The summed E-state index contributed by atoms with van der Waals surface area (Å²) in [6.45, 7) is 6.54. The molecule has 0 saturated heterocycles. The standard InChI is InChI=1S/C15H27NO2Si/c1-17-15(18-19(2,3)4)13(11-16)10-14(15)12-8-6-5-7-9-12/h12-14H,5-10H2,1-4H3. The summed E-state index contributed by atoms with van der Waals surface area (Å²) >= 11 is 0. The lowest BCUT2D eigenvalue weighted by molar-refractivity contribution is -0.296. The highest BCUT2D eigenvalue weighted by atomic mass is 28.4. The van der Waals surface area contributed by atoms with E-state index in [0.717, 1.165) is 6.42 Å². The van der Waals surface area contributed by atoms with Gasteiger partial charge >= 0.3 is 0 Å². The van der Waals surface area contributed by atoms with Crippen LogP contribution in [0.1, 0.15) is 38.5 Å². The minimum atomic E-state index is -1.72. The van der Waals surface area contributed by atoms with Gasteiger partial charge in [0.1, 0.15) is 5.92 Å². The minimum Gasteiger partial charge on any atom is -0.390 e. The smallest absolute Gasteiger partial charge is 0.187 e. The highest BCUT2D eigenvalue weighted by Crippen LogP contribution is 2.54. The first-order chi connectivity index (χ1) is 8.93. The largest absolute Gasteiger partial charge is 0.390 e. The van der Waals surface area contributed by atoms with Gasteiger partial charge < -0.3 is 9.16 Å². The Balaban J connectivity index is 2.17. The molecule has 0 spiro atoms. The molecule has 0 aliphatic heterocycles. The molecule has 19 heavy (non-hydrogen) atoms. The van der Waals surface area contributed by atoms with Crippen molar-refractivity contribution in [2.75, 3.05) is 7.11 Å². The van der Waals surface area contributed by atoms with E-state index in [-0.39, 0.29) is 5.92 Å². The van der Waals surface area contributed by atoms with Crippen LogP contribution >= 0.6 is 0 Å². The number of hydrogen-bond acceptors (Lipinski definition) is 3. The van der Waals surface area contributed by atoms with Crippen molar-refractivity contribution in [3.63, 3.8) is 0 Å². The zero-order valence-corrected chi connectivity index (χ0v) is 13.7. The van der Waals surface area contributed by atoms with Crippen molar-refractivity contribution in [3.8, 4) is 6.07 Å². The number of nitrogens with zero attached hydrogens (tertiary/aromatic N) is 1. The van der Waals surface area contributed by atoms with Crippen LogP contribution in [0.15, 0.2) is 0 Å². The topological polar surface area (TPSA) is 42.2 Å². The van der Waals surface area contributed by atoms with Crippen LogP contribution in [0.25, 0.3) is 0 Å². The van der Waals surface area contributed by atoms with Crippen LogP contribution in [0.2, 0.25) is 19.6 Å². The molecule has 2 aliphatic carbocycles. The molecular weight excluding hydrogens is 254 g/mol. The molecule has 3 atom stereocenters. The van der Waals surface area contributed by atoms with Crippen molar-refractivity contribution < 1.29 is 9.16 Å². The quantitative estimate of drug-likeness (QED) is 0.579. The molecule has 2 aliphatic rings. The molecule has 0 amide bonds. The predicted molar refractivity (Wildman–Crippen MR) is 78.0 cm³/mol. The Bertz CT molecular complexity index is 354. The maximum atomic E-state index is 9.37. The third-order valence-electron chi connectivity index (χ3n) is 4.65. The Morgan fingerprint density at radius 1 is 1.16 bits per heavy atom. The first-order valence-electron chi connectivity index (χ1n) is 7.58. The van der Waals surface area contributed by atoms with Crippen molar-refractivity contribution in [2.45, 2.75) is 64.0 Å². The summed E-state index contributed by atoms with van der Waals surface area (Å²) < 4.78 is 12.2. The first-order valence-corrected chi connectivity index (χ1v) is 11.0. The average Bonchev–Trinajstić information content (AvgIpc) is 2.35. The molecule has 108 valence electrons. The third-order valence-corrected chi connectivity index (χ3v) is 5.58. The molecule has 2 rings (SSSR count). The molecule has 0 aromatic heterocycles. The van der Waals surface area contributed by atoms with E-state index in [2.05, 4.69) is 25.7 Å². The van der Waals surface area contributed by atoms with Crippen LogP contribution in [0, 0.1) is 29.1 Å². The molecule has 0 aromatic carbocycles. The Kier molecular flexibility index (Phi) is 4.39. The molecule has 0 heterocycles. The summed E-state index contributed by atoms with van der Waals surface area (Å²) in [6, 6.07) is 2.41. The van der Waals surface area contributed by atoms with E-state index in [9.17, 15) is 5.26 Å². The number of ether oxygens (including phenoxy) is 1. The number of hydrogen-bond donors (Lipinski definition) is 0. The van der Waals surface area contributed by atoms with Crippen LogP contribution in [-0.2, 0) is 9.16 Å². The molecular formula is C15H27NO2Si. The van der Waals surface area contributed by atoms with Gasteiger partial charge in [-0.2, -0.15) is 5.26 Å². The van der Waals surface area contributed by atoms with Crippen LogP contribution < -0.4 is 0 Å². The molecule has 0 N–H and O–H groups in total. The lowest BCUT2D eigenvalue weighted by atomic mass is 9.60. The van der Waals surface area contributed by atoms with Gasteiger partial charge in [-0.15, -0.1) is 0 Å². The fourth-order valence-electron chi connectivity index (χ4n) is 3.84. The van der Waals surface area contributed by atoms with E-state index in [4.69, 9.17) is 9.16 Å². The number of methoxy groups -OCH3 is 1. The summed E-state index contributed by atoms with van der Waals surface area (Å²) in [5.41, 5.74) is 0. The van der Waals surface area contributed by atoms with Crippen LogP contribution in [0.3, 0.4) is 0 Å². The molecule has 0 bridgehead atoms. The van der Waals surface area contributed by atoms with E-state index in [1.54, 1.807) is 7.11 Å². The van der Waals surface area contributed by atoms with Gasteiger partial charge in [0.05, 0.1) is 6.07 Å². The van der Waals surface area contributed by atoms with E-state index in [1.165, 1.54) is 32.1 Å². The Labute approximate surface area is 118 Å². The third kappa shape index (κ3) is 2.88. The van der Waals surface area contributed by atoms with Crippen LogP contribution in [-0.4, -0.2) is 21.2 Å². The zero-order valence-electron chi connectivity index (χ0n) is 12.7. The van der Waals surface area contributed by atoms with Gasteiger partial charge in [0.25, 0.3) is 0 Å². The molecule has 4 heteroatoms. The maximum Gasteiger partial charge on any atom is 0.187 e. The van der Waals surface area contributed by atoms with Crippen molar-refractivity contribution in [1.82, 2.24) is 0 Å². The highest BCUT2D eigenvalue weighted by molar-refractivity contribution is 6.69. The summed E-state index contributed by atoms with van der Waals surface area (Å²) in [6.07, 6.45) is 7.53. The van der Waals surface area contributed by atoms with Crippen molar-refractivity contribution in [2.24, 2.45) is 17.8 Å². The minimum absolute atomic E-state index is 0.0869. The Hall–Kier alpha value is -0.373. The molecule has 0 radical (unpaired) electrons. The fraction of sp³-hybridized carbons (Fsp3) is 0.933. The van der Waals surface area contributed by atoms with Gasteiger partial charge in [-0.1, -0.05) is 19.3 Å². The van der Waals surface area contributed by atoms with Gasteiger partial charge in [0, 0.05) is 13.0 Å². The second-order valence-corrected chi connectivity index (χ2v) is 11.5. The highest BCUT2D eigenvalue weighted by Gasteiger charge is 2.61. The lowest BCUT2D eigenvalue weighted by Gasteiger charge is -2.57. The van der Waals surface area contributed by atoms with E-state index in [1.807, 2.05) is 0 Å². The second-order valence-electron chi connectivity index (χ2n) is 7.06. The molecule has 3 unspecified atom stereocenters. The summed E-state index contributed by atoms with van der Waals surface area (Å²) in [5, 5.41) is 9.37. The van der Waals surface area contributed by atoms with Gasteiger partial charge in [0.2, 0.25) is 0 Å². The van der Waals surface area contributed by atoms with Crippen molar-refractivity contribution in [1.29, 1.82) is 5.26 Å². The molecule has 2 saturated carbocycles. The summed E-state index contributed by atoms with van der Waals surface area (Å²) in [4.78, 5) is 0. The van der Waals surface area contributed by atoms with Gasteiger partial charge in [-0.25, -0.2) is 0 Å². The fourth-order valence-corrected chi connectivity index (χ4v) is 5.18. The first kappa shape index (κ1) is 15.0. The maximum absolute atomic E-state index is 9.37. The SMILES string of the molecule is COC1(O[Si](C)(C)C)C(C#N)CC1C1CCCCC1. The molecule has 2 fully saturated rings. The van der Waals surface area contributed by atoms with E-state index >= 15 is 0 Å². The van der Waals surface area contributed by atoms with Crippen molar-refractivity contribution in [3.05, 3.63) is 0 Å². The Morgan fingerprint density at radius 3 is 2.26 bits per heavy atom. The van der Waals surface area contributed by atoms with Crippen LogP contribution in [0.5, 0.6) is 0 Å². The molecule has 3 nitrogen and oxygen atoms in total. The van der Waals surface area contributed by atoms with Gasteiger partial charge in [0.15, 0.2) is 14.1 Å². The van der Waals surface area contributed by atoms with Crippen LogP contribution in [0.4, 0.5) is 0 Å². The van der Waals surface area contributed by atoms with Gasteiger partial charge in [-0.3, -0.25) is 0 Å².